The maximum Gasteiger partial charge on any atom is 0.311 e. The fourth-order valence-corrected chi connectivity index (χ4v) is 8.85. The van der Waals surface area contributed by atoms with E-state index < -0.39 is 89.5 Å². The number of hydrogen-bond donors (Lipinski definition) is 4. The van der Waals surface area contributed by atoms with Crippen molar-refractivity contribution in [2.24, 2.45) is 29.6 Å². The molecule has 0 aromatic rings. The first-order chi connectivity index (χ1) is 24.0. The number of carbonyl (C=O) groups excluding carboxylic acids is 2. The molecular weight excluding hydrogens is 674 g/mol. The fourth-order valence-electron chi connectivity index (χ4n) is 8.85. The van der Waals surface area contributed by atoms with E-state index in [1.165, 1.54) is 14.0 Å². The lowest BCUT2D eigenvalue weighted by molar-refractivity contribution is -0.893. The van der Waals surface area contributed by atoms with Crippen molar-refractivity contribution in [3.05, 3.63) is 0 Å². The van der Waals surface area contributed by atoms with Gasteiger partial charge in [0.15, 0.2) is 18.7 Å². The third-order valence-electron chi connectivity index (χ3n) is 13.0. The predicted octanol–water partition coefficient (Wildman–Crippen LogP) is 2.30. The lowest BCUT2D eigenvalue weighted by atomic mass is 9.73. The van der Waals surface area contributed by atoms with Crippen LogP contribution in [0.2, 0.25) is 0 Å². The summed E-state index contributed by atoms with van der Waals surface area (Å²) in [6.45, 7) is 19.9. The van der Waals surface area contributed by atoms with Gasteiger partial charge in [-0.3, -0.25) is 9.59 Å². The summed E-state index contributed by atoms with van der Waals surface area (Å²) in [5.74, 6) is -4.15. The van der Waals surface area contributed by atoms with Gasteiger partial charge >= 0.3 is 5.97 Å². The number of ether oxygens (including phenoxy) is 7. The molecular formula is C39H72NO12+. The van der Waals surface area contributed by atoms with Crippen molar-refractivity contribution in [3.8, 4) is 0 Å². The van der Waals surface area contributed by atoms with Crippen LogP contribution in [0.1, 0.15) is 102 Å². The van der Waals surface area contributed by atoms with Crippen molar-refractivity contribution in [1.29, 1.82) is 0 Å². The van der Waals surface area contributed by atoms with Crippen LogP contribution in [0.3, 0.4) is 0 Å². The Labute approximate surface area is 312 Å². The minimum Gasteiger partial charge on any atom is -0.459 e. The molecule has 0 saturated carbocycles. The molecule has 3 aliphatic heterocycles. The number of nitrogens with one attached hydrogen (secondary N) is 1. The molecule has 3 saturated heterocycles. The van der Waals surface area contributed by atoms with Crippen molar-refractivity contribution >= 4 is 11.8 Å². The highest BCUT2D eigenvalue weighted by molar-refractivity contribution is 5.83. The van der Waals surface area contributed by atoms with Gasteiger partial charge in [0.05, 0.1) is 61.7 Å². The van der Waals surface area contributed by atoms with E-state index in [4.69, 9.17) is 33.2 Å². The number of likely N-dealkylation sites (N-methyl/N-ethyl adjacent to an activating group) is 1. The monoisotopic (exact) mass is 747 g/mol. The Morgan fingerprint density at radius 2 is 1.46 bits per heavy atom. The van der Waals surface area contributed by atoms with E-state index in [1.54, 1.807) is 34.8 Å². The number of quaternary nitrogens is 1. The highest BCUT2D eigenvalue weighted by atomic mass is 16.7. The Hall–Kier alpha value is -1.26. The number of carbonyl (C=O) groups is 2. The first-order valence-corrected chi connectivity index (χ1v) is 19.3. The summed E-state index contributed by atoms with van der Waals surface area (Å²) >= 11 is 0. The van der Waals surface area contributed by atoms with Gasteiger partial charge in [0.2, 0.25) is 0 Å². The fraction of sp³-hybridized carbons (Fsp3) is 0.949. The molecule has 0 aromatic carbocycles. The average molecular weight is 747 g/mol. The molecule has 0 amide bonds. The van der Waals surface area contributed by atoms with E-state index in [2.05, 4.69) is 6.92 Å². The van der Waals surface area contributed by atoms with Crippen molar-refractivity contribution in [3.63, 3.8) is 0 Å². The summed E-state index contributed by atoms with van der Waals surface area (Å²) in [5.41, 5.74) is -3.72. The van der Waals surface area contributed by atoms with E-state index in [1.807, 2.05) is 48.7 Å². The second-order valence-electron chi connectivity index (χ2n) is 17.1. The molecule has 3 heterocycles. The van der Waals surface area contributed by atoms with Gasteiger partial charge in [-0.1, -0.05) is 34.6 Å². The van der Waals surface area contributed by atoms with Crippen LogP contribution in [0.4, 0.5) is 0 Å². The number of aliphatic hydroxyl groups excluding tert-OH is 2. The number of aliphatic hydroxyl groups is 3. The average Bonchev–Trinajstić information content (AvgIpc) is 3.09. The largest absolute Gasteiger partial charge is 0.459 e. The first-order valence-electron chi connectivity index (χ1n) is 19.3. The molecule has 0 spiro atoms. The molecule has 3 fully saturated rings. The maximum atomic E-state index is 14.2. The third-order valence-corrected chi connectivity index (χ3v) is 13.0. The minimum atomic E-state index is -1.93. The van der Waals surface area contributed by atoms with Crippen LogP contribution in [0, 0.1) is 29.6 Å². The van der Waals surface area contributed by atoms with Crippen molar-refractivity contribution in [2.45, 2.75) is 180 Å². The van der Waals surface area contributed by atoms with Gasteiger partial charge in [-0.05, 0) is 54.4 Å². The molecule has 18 atom stereocenters. The molecule has 304 valence electrons. The Balaban J connectivity index is 2.22. The molecule has 13 nitrogen and oxygen atoms in total. The number of rotatable bonds is 8. The molecule has 13 heteroatoms. The lowest BCUT2D eigenvalue weighted by Gasteiger charge is -2.50. The maximum absolute atomic E-state index is 14.2. The smallest absolute Gasteiger partial charge is 0.311 e. The predicted molar refractivity (Wildman–Crippen MR) is 193 cm³/mol. The molecule has 4 N–H and O–H groups in total. The van der Waals surface area contributed by atoms with Gasteiger partial charge in [-0.25, -0.2) is 0 Å². The van der Waals surface area contributed by atoms with Gasteiger partial charge in [0.25, 0.3) is 0 Å². The van der Waals surface area contributed by atoms with Crippen molar-refractivity contribution < 1.29 is 63.0 Å². The van der Waals surface area contributed by atoms with E-state index in [-0.39, 0.29) is 42.8 Å². The van der Waals surface area contributed by atoms with Crippen LogP contribution >= 0.6 is 0 Å². The molecule has 3 rings (SSSR count). The number of hydrogen-bond acceptors (Lipinski definition) is 12. The summed E-state index contributed by atoms with van der Waals surface area (Å²) in [4.78, 5) is 29.3. The quantitative estimate of drug-likeness (QED) is 0.269. The Bertz CT molecular complexity index is 1190. The second-order valence-corrected chi connectivity index (χ2v) is 17.1. The summed E-state index contributed by atoms with van der Waals surface area (Å²) in [5, 5.41) is 34.7. The highest BCUT2D eigenvalue weighted by Gasteiger charge is 2.54. The summed E-state index contributed by atoms with van der Waals surface area (Å²) in [7, 11) is 7.16. The van der Waals surface area contributed by atoms with Gasteiger partial charge in [0, 0.05) is 50.7 Å². The van der Waals surface area contributed by atoms with E-state index in [0.29, 0.717) is 12.8 Å². The molecule has 52 heavy (non-hydrogen) atoms. The molecule has 3 aliphatic rings. The normalized spacial score (nSPS) is 49.0. The summed E-state index contributed by atoms with van der Waals surface area (Å²) in [6, 6.07) is -0.176. The number of methoxy groups -OCH3 is 2. The number of esters is 1. The number of ketones is 1. The van der Waals surface area contributed by atoms with Crippen LogP contribution in [0.5, 0.6) is 0 Å². The minimum absolute atomic E-state index is 0.0492. The number of cyclic esters (lactones) is 1. The SMILES string of the molecule is CC[C@H]1OC(=O)[C@H](C)[C@@H](O[C@H]2C[C@@](C)(OC)[C@@H](C)[C@H](C)O2)[C@H](C)[C@@H](O[C@@H]2O[C@H](C)C[C@H]([NH+](C)C)[C@H]2O)C(C)(OC)C[C@H](C)C(=O)[C@H](C)[C@@H](O)[C@]1(C)O. The van der Waals surface area contributed by atoms with Gasteiger partial charge < -0.3 is 53.4 Å². The van der Waals surface area contributed by atoms with Gasteiger partial charge in [0.1, 0.15) is 23.5 Å². The van der Waals surface area contributed by atoms with Crippen LogP contribution in [-0.4, -0.2) is 134 Å². The Morgan fingerprint density at radius 1 is 0.865 bits per heavy atom. The van der Waals surface area contributed by atoms with E-state index >= 15 is 0 Å². The highest BCUT2D eigenvalue weighted by Crippen LogP contribution is 2.42. The van der Waals surface area contributed by atoms with E-state index in [9.17, 15) is 24.9 Å². The van der Waals surface area contributed by atoms with Crippen LogP contribution in [-0.2, 0) is 42.7 Å². The topological polar surface area (TPSA) is 164 Å². The Kier molecular flexibility index (Phi) is 15.3. The van der Waals surface area contributed by atoms with Crippen LogP contribution in [0.25, 0.3) is 0 Å². The molecule has 0 radical (unpaired) electrons. The third kappa shape index (κ3) is 9.39. The zero-order valence-electron chi connectivity index (χ0n) is 34.5. The Morgan fingerprint density at radius 3 is 2.00 bits per heavy atom. The molecule has 1 unspecified atom stereocenters. The van der Waals surface area contributed by atoms with Crippen LogP contribution < -0.4 is 4.90 Å². The van der Waals surface area contributed by atoms with Gasteiger partial charge in [-0.2, -0.15) is 0 Å². The first kappa shape index (κ1) is 45.1. The van der Waals surface area contributed by atoms with Crippen molar-refractivity contribution in [1.82, 2.24) is 0 Å². The number of Topliss-reactive ketones (excluding diaryl/α,β-unsaturated/α-hetero) is 1. The van der Waals surface area contributed by atoms with E-state index in [0.717, 1.165) is 4.90 Å². The zero-order valence-corrected chi connectivity index (χ0v) is 34.5. The molecule has 0 aliphatic carbocycles. The molecule has 0 aromatic heterocycles. The summed E-state index contributed by atoms with van der Waals surface area (Å²) < 4.78 is 44.7. The van der Waals surface area contributed by atoms with Gasteiger partial charge in [-0.15, -0.1) is 0 Å². The zero-order chi connectivity index (χ0) is 39.7. The summed E-state index contributed by atoms with van der Waals surface area (Å²) in [6.07, 6.45) is -6.42. The lowest BCUT2D eigenvalue weighted by Crippen LogP contribution is -3.12. The second kappa shape index (κ2) is 17.7. The molecule has 0 bridgehead atoms. The van der Waals surface area contributed by atoms with Crippen LogP contribution in [0.15, 0.2) is 0 Å². The van der Waals surface area contributed by atoms with Crippen molar-refractivity contribution in [2.75, 3.05) is 28.3 Å². The standard InChI is InChI=1S/C39H71NO12/c1-16-28-39(11,45)33(43)22(4)30(41)20(2)18-38(10,47-15)34(52-36-31(42)27(40(12)13)17-21(3)48-36)23(5)32(24(6)35(44)50-28)51-29-19-37(9,46-14)25(7)26(8)49-29/h20-29,31-34,36,42-43,45H,16-19H2,1-15H3/p+1/t20-,21+,22-,23-,24+,25-,26-,27-,28+,29-,31+,32-,33+,34+,36-,37+,38?,39+/m0/s1.